The molecule has 360 valence electrons. The molecule has 0 saturated heterocycles. The highest BCUT2D eigenvalue weighted by Gasteiger charge is 2.31. The Kier molecular flexibility index (Phi) is 19.5. The van der Waals surface area contributed by atoms with Gasteiger partial charge in [0.05, 0.1) is 51.8 Å². The van der Waals surface area contributed by atoms with Crippen molar-refractivity contribution < 1.29 is 36.6 Å². The van der Waals surface area contributed by atoms with Gasteiger partial charge in [0, 0.05) is 45.9 Å². The van der Waals surface area contributed by atoms with E-state index in [4.69, 9.17) is 38.4 Å². The lowest BCUT2D eigenvalue weighted by molar-refractivity contribution is 0.0506. The summed E-state index contributed by atoms with van der Waals surface area (Å²) < 4.78 is 68.7. The van der Waals surface area contributed by atoms with Gasteiger partial charge < -0.3 is 25.8 Å². The van der Waals surface area contributed by atoms with Crippen LogP contribution in [0.1, 0.15) is 87.4 Å². The van der Waals surface area contributed by atoms with Crippen molar-refractivity contribution in [1.82, 2.24) is 35.2 Å². The molecule has 0 spiro atoms. The van der Waals surface area contributed by atoms with Crippen molar-refractivity contribution in [3.8, 4) is 0 Å². The molecule has 0 aromatic carbocycles. The summed E-state index contributed by atoms with van der Waals surface area (Å²) in [4.78, 5) is 52.6. The van der Waals surface area contributed by atoms with Crippen molar-refractivity contribution in [2.45, 2.75) is 118 Å². The Hall–Kier alpha value is -4.44. The molecular formula is C42H50Cl4F4N10O4S2. The number of halogens is 8. The van der Waals surface area contributed by atoms with Gasteiger partial charge in [0.1, 0.15) is 40.3 Å². The molecule has 24 heteroatoms. The van der Waals surface area contributed by atoms with E-state index in [9.17, 15) is 27.2 Å². The minimum Gasteiger partial charge on any atom is -0.444 e. The van der Waals surface area contributed by atoms with Gasteiger partial charge >= 0.3 is 12.2 Å². The van der Waals surface area contributed by atoms with E-state index in [2.05, 4.69) is 40.5 Å². The van der Waals surface area contributed by atoms with Gasteiger partial charge in [-0.1, -0.05) is 0 Å². The summed E-state index contributed by atoms with van der Waals surface area (Å²) in [5, 5.41) is 5.67. The summed E-state index contributed by atoms with van der Waals surface area (Å²) >= 11 is 15.1. The fourth-order valence-electron chi connectivity index (χ4n) is 6.09. The summed E-state index contributed by atoms with van der Waals surface area (Å²) in [5.41, 5.74) is 6.80. The maximum Gasteiger partial charge on any atom is 0.416 e. The summed E-state index contributed by atoms with van der Waals surface area (Å²) in [6.45, 7) is 17.3. The number of carbonyl (C=O) groups is 2. The van der Waals surface area contributed by atoms with Crippen LogP contribution in [0.25, 0.3) is 20.4 Å². The second-order valence-corrected chi connectivity index (χ2v) is 19.7. The van der Waals surface area contributed by atoms with Crippen LogP contribution >= 0.6 is 70.7 Å². The number of aromatic nitrogens is 6. The Morgan fingerprint density at radius 1 is 0.742 bits per heavy atom. The molecule has 0 aliphatic carbocycles. The molecule has 0 aliphatic rings. The maximum atomic E-state index is 14.6. The molecule has 66 heavy (non-hydrogen) atoms. The first-order valence-electron chi connectivity index (χ1n) is 19.8. The van der Waals surface area contributed by atoms with Gasteiger partial charge in [-0.25, -0.2) is 37.1 Å². The fourth-order valence-corrected chi connectivity index (χ4v) is 9.15. The summed E-state index contributed by atoms with van der Waals surface area (Å²) in [7, 11) is 0. The average molecular weight is 1040 g/mol. The van der Waals surface area contributed by atoms with Crippen LogP contribution in [0, 0.1) is 37.1 Å². The molecule has 6 rings (SSSR count). The van der Waals surface area contributed by atoms with Crippen molar-refractivity contribution in [2.75, 3.05) is 10.2 Å². The number of thiophene rings is 2. The Labute approximate surface area is 409 Å². The number of alkyl carbamates (subject to hydrolysis) is 1. The number of nitrogens with one attached hydrogen (secondary N) is 2. The van der Waals surface area contributed by atoms with Gasteiger partial charge in [-0.3, -0.25) is 14.9 Å². The first-order chi connectivity index (χ1) is 29.8. The maximum absolute atomic E-state index is 14.6. The largest absolute Gasteiger partial charge is 0.444 e. The standard InChI is InChI=1S/C26H32ClF2N5O4S.C16H16ClF2N5S.2ClH/c1-13(31-23(35)37-25(3,4)5)9-18-14(2)19-20(39-18)21(33-22(27)32-19)34(24(36)38-26(6,7)8)12-15-16(28)10-30-11-17(15)29;1-7(20)3-12-8(2)13-14(25-12)15(24-16(17)23-13)22-4-9-10(18)5-21-6-11(9)19;;/h10-11,13H,9,12H2,1-8H3,(H,31,35);5-7H,3-4,20H2,1-2H3,(H,22,23,24);2*1H. The van der Waals surface area contributed by atoms with Crippen molar-refractivity contribution in [3.63, 3.8) is 0 Å². The zero-order chi connectivity index (χ0) is 47.4. The van der Waals surface area contributed by atoms with Gasteiger partial charge in [0.2, 0.25) is 10.6 Å². The highest BCUT2D eigenvalue weighted by Crippen LogP contribution is 2.39. The molecule has 14 nitrogen and oxygen atoms in total. The zero-order valence-electron chi connectivity index (χ0n) is 37.5. The fraction of sp³-hybridized carbons (Fsp3) is 0.429. The highest BCUT2D eigenvalue weighted by atomic mass is 35.5. The highest BCUT2D eigenvalue weighted by molar-refractivity contribution is 7.20. The predicted octanol–water partition coefficient (Wildman–Crippen LogP) is 11.4. The van der Waals surface area contributed by atoms with E-state index in [1.165, 1.54) is 22.7 Å². The lowest BCUT2D eigenvalue weighted by Gasteiger charge is -2.27. The Morgan fingerprint density at radius 3 is 1.73 bits per heavy atom. The third kappa shape index (κ3) is 14.5. The van der Waals surface area contributed by atoms with Crippen LogP contribution in [-0.2, 0) is 35.4 Å². The smallest absolute Gasteiger partial charge is 0.416 e. The Bertz CT molecular complexity index is 2640. The molecule has 2 atom stereocenters. The minimum absolute atomic E-state index is 0. The SMILES string of the molecule is Cc1c(CC(C)N)sc2c(NCc3c(F)cncc3F)nc(Cl)nc12.Cc1c(CC(C)NC(=O)OC(C)(C)C)sc2c(N(Cc3c(F)cncc3F)C(=O)OC(C)(C)C)nc(Cl)nc12.Cl.Cl. The van der Waals surface area contributed by atoms with E-state index in [0.717, 1.165) is 60.8 Å². The Morgan fingerprint density at radius 2 is 1.21 bits per heavy atom. The number of carbonyl (C=O) groups excluding carboxylic acids is 2. The quantitative estimate of drug-likeness (QED) is 0.0826. The van der Waals surface area contributed by atoms with Crippen molar-refractivity contribution in [2.24, 2.45) is 5.73 Å². The molecule has 0 radical (unpaired) electrons. The van der Waals surface area contributed by atoms with E-state index in [1.54, 1.807) is 41.5 Å². The van der Waals surface area contributed by atoms with Gasteiger partial charge in [-0.15, -0.1) is 47.5 Å². The second kappa shape index (κ2) is 23.0. The number of anilines is 2. The molecule has 0 aliphatic heterocycles. The van der Waals surface area contributed by atoms with Gasteiger partial charge in [-0.2, -0.15) is 9.97 Å². The zero-order valence-corrected chi connectivity index (χ0v) is 42.3. The lowest BCUT2D eigenvalue weighted by Crippen LogP contribution is -2.38. The Balaban J connectivity index is 0.000000370. The van der Waals surface area contributed by atoms with Gasteiger partial charge in [-0.05, 0) is 110 Å². The number of amides is 2. The number of ether oxygens (including phenoxy) is 2. The summed E-state index contributed by atoms with van der Waals surface area (Å²) in [5.74, 6) is -2.81. The number of rotatable bonds is 11. The van der Waals surface area contributed by atoms with E-state index in [1.807, 2.05) is 27.7 Å². The van der Waals surface area contributed by atoms with Crippen molar-refractivity contribution in [3.05, 3.63) is 90.6 Å². The molecular weight excluding hydrogens is 990 g/mol. The first-order valence-corrected chi connectivity index (χ1v) is 22.2. The van der Waals surface area contributed by atoms with Crippen molar-refractivity contribution >= 4 is 115 Å². The number of hydrogen-bond acceptors (Lipinski definition) is 14. The second-order valence-electron chi connectivity index (χ2n) is 16.8. The van der Waals surface area contributed by atoms with E-state index >= 15 is 0 Å². The van der Waals surface area contributed by atoms with Crippen molar-refractivity contribution in [1.29, 1.82) is 0 Å². The van der Waals surface area contributed by atoms with Crippen LogP contribution in [0.4, 0.5) is 38.8 Å². The number of nitrogens with zero attached hydrogens (tertiary/aromatic N) is 7. The third-order valence-corrected chi connectivity index (χ3v) is 11.9. The van der Waals surface area contributed by atoms with Crippen LogP contribution in [0.15, 0.2) is 24.8 Å². The minimum atomic E-state index is -0.926. The average Bonchev–Trinajstić information content (AvgIpc) is 3.63. The van der Waals surface area contributed by atoms with E-state index < -0.39 is 53.2 Å². The van der Waals surface area contributed by atoms with Gasteiger partial charge in [0.15, 0.2) is 5.82 Å². The molecule has 6 aromatic rings. The van der Waals surface area contributed by atoms with Crippen LogP contribution in [0.5, 0.6) is 0 Å². The number of pyridine rings is 2. The molecule has 6 aromatic heterocycles. The molecule has 0 fully saturated rings. The molecule has 4 N–H and O–H groups in total. The summed E-state index contributed by atoms with van der Waals surface area (Å²) in [6, 6.07) is -0.299. The third-order valence-electron chi connectivity index (χ3n) is 8.94. The van der Waals surface area contributed by atoms with E-state index in [0.29, 0.717) is 28.9 Å². The molecule has 2 amide bonds. The van der Waals surface area contributed by atoms with Crippen LogP contribution in [-0.4, -0.2) is 65.4 Å². The monoisotopic (exact) mass is 1040 g/mol. The number of aryl methyl sites for hydroxylation is 2. The number of nitrogens with two attached hydrogens (primary N) is 1. The van der Waals surface area contributed by atoms with E-state index in [-0.39, 0.29) is 71.0 Å². The lowest BCUT2D eigenvalue weighted by atomic mass is 10.1. The van der Waals surface area contributed by atoms with Crippen LogP contribution in [0.3, 0.4) is 0 Å². The molecule has 6 heterocycles. The molecule has 0 saturated carbocycles. The number of hydrogen-bond donors (Lipinski definition) is 3. The molecule has 0 bridgehead atoms. The normalized spacial score (nSPS) is 12.3. The first kappa shape index (κ1) is 55.9. The summed E-state index contributed by atoms with van der Waals surface area (Å²) in [6.07, 6.45) is 3.37. The topological polar surface area (TPSA) is 183 Å². The number of fused-ring (bicyclic) bond motifs is 2. The van der Waals surface area contributed by atoms with Gasteiger partial charge in [0.25, 0.3) is 0 Å². The molecule has 2 unspecified atom stereocenters. The predicted molar refractivity (Wildman–Crippen MR) is 257 cm³/mol. The van der Waals surface area contributed by atoms with Crippen LogP contribution < -0.4 is 21.3 Å². The van der Waals surface area contributed by atoms with Crippen LogP contribution in [0.2, 0.25) is 10.6 Å².